The van der Waals surface area contributed by atoms with Crippen LogP contribution in [0.25, 0.3) is 0 Å². The monoisotopic (exact) mass is 222 g/mol. The summed E-state index contributed by atoms with van der Waals surface area (Å²) in [5, 5.41) is 0. The summed E-state index contributed by atoms with van der Waals surface area (Å²) in [4.78, 5) is 19.6. The number of rotatable bonds is 1. The van der Waals surface area contributed by atoms with Gasteiger partial charge in [-0.1, -0.05) is 0 Å². The third-order valence-electron chi connectivity index (χ3n) is 0.496. The maximum Gasteiger partial charge on any atom is 0.195 e. The smallest absolute Gasteiger partial charge is 0.195 e. The second-order valence-corrected chi connectivity index (χ2v) is 1.11. The van der Waals surface area contributed by atoms with E-state index in [1.54, 1.807) is 0 Å². The third kappa shape index (κ3) is 23.3. The van der Waals surface area contributed by atoms with Crippen molar-refractivity contribution >= 4 is 65.5 Å². The molecule has 0 unspecified atom stereocenters. The largest absolute Gasteiger partial charge is 0.291 e. The number of hydrogen-bond donors (Lipinski definition) is 0. The molecule has 0 fully saturated rings. The minimum atomic E-state index is -0.380. The van der Waals surface area contributed by atoms with E-state index in [4.69, 9.17) is 0 Å². The molecule has 0 rings (SSSR count). The van der Waals surface area contributed by atoms with Crippen molar-refractivity contribution in [1.82, 2.24) is 0 Å². The van der Waals surface area contributed by atoms with Crippen LogP contribution in [0, 0.1) is 0 Å². The first-order valence-corrected chi connectivity index (χ1v) is 1.66. The SMILES string of the molecule is CC(=O)C(C)=O.S.S.S.S. The lowest BCUT2D eigenvalue weighted by atomic mass is 10.3. The molecule has 0 saturated heterocycles. The van der Waals surface area contributed by atoms with E-state index in [1.165, 1.54) is 13.8 Å². The minimum Gasteiger partial charge on any atom is -0.291 e. The number of ketones is 2. The Balaban J connectivity index is -0.0000000208. The van der Waals surface area contributed by atoms with Gasteiger partial charge in [-0.3, -0.25) is 9.59 Å². The zero-order valence-electron chi connectivity index (χ0n) is 5.82. The molecule has 6 heteroatoms. The molecule has 0 heterocycles. The molecule has 0 aliphatic rings. The zero-order valence-corrected chi connectivity index (χ0v) is 9.82. The van der Waals surface area contributed by atoms with Gasteiger partial charge in [0, 0.05) is 13.8 Å². The summed E-state index contributed by atoms with van der Waals surface area (Å²) < 4.78 is 0. The van der Waals surface area contributed by atoms with E-state index >= 15 is 0 Å². The number of hydrogen-bond acceptors (Lipinski definition) is 2. The molecule has 0 bridgehead atoms. The Morgan fingerprint density at radius 3 is 0.800 bits per heavy atom. The van der Waals surface area contributed by atoms with Gasteiger partial charge in [-0.05, 0) is 0 Å². The van der Waals surface area contributed by atoms with Gasteiger partial charge in [0.15, 0.2) is 11.6 Å². The molecule has 0 N–H and O–H groups in total. The minimum absolute atomic E-state index is 0. The van der Waals surface area contributed by atoms with Gasteiger partial charge in [-0.2, -0.15) is 54.0 Å². The van der Waals surface area contributed by atoms with Crippen LogP contribution in [0.5, 0.6) is 0 Å². The third-order valence-corrected chi connectivity index (χ3v) is 0.496. The average Bonchev–Trinajstić information content (AvgIpc) is 1.36. The van der Waals surface area contributed by atoms with Crippen LogP contribution in [-0.2, 0) is 9.59 Å². The van der Waals surface area contributed by atoms with Gasteiger partial charge in [-0.15, -0.1) is 0 Å². The molecule has 0 aliphatic carbocycles. The Labute approximate surface area is 88.9 Å². The van der Waals surface area contributed by atoms with Crippen molar-refractivity contribution in [3.8, 4) is 0 Å². The first kappa shape index (κ1) is 30.9. The van der Waals surface area contributed by atoms with Crippen LogP contribution in [0.3, 0.4) is 0 Å². The van der Waals surface area contributed by atoms with Crippen molar-refractivity contribution in [3.63, 3.8) is 0 Å². The standard InChI is InChI=1S/C4H6O2.4H2S/c1-3(5)4(2)6;;;;/h1-2H3;4*1H2. The zero-order chi connectivity index (χ0) is 5.15. The summed E-state index contributed by atoms with van der Waals surface area (Å²) in [5.74, 6) is -0.759. The van der Waals surface area contributed by atoms with Gasteiger partial charge in [-0.25, -0.2) is 0 Å². The average molecular weight is 222 g/mol. The van der Waals surface area contributed by atoms with Crippen LogP contribution in [-0.4, -0.2) is 11.6 Å². The second kappa shape index (κ2) is 16.4. The fourth-order valence-electron chi connectivity index (χ4n) is 0. The first-order chi connectivity index (χ1) is 2.64. The van der Waals surface area contributed by atoms with Crippen LogP contribution in [0.2, 0.25) is 0 Å². The highest BCUT2D eigenvalue weighted by Gasteiger charge is 1.94. The van der Waals surface area contributed by atoms with Gasteiger partial charge < -0.3 is 0 Å². The molecule has 10 heavy (non-hydrogen) atoms. The summed E-state index contributed by atoms with van der Waals surface area (Å²) in [6.45, 7) is 2.50. The predicted octanol–water partition coefficient (Wildman–Crippen LogP) is 0.616. The van der Waals surface area contributed by atoms with Crippen LogP contribution < -0.4 is 0 Å². The van der Waals surface area contributed by atoms with E-state index in [2.05, 4.69) is 0 Å². The lowest BCUT2D eigenvalue weighted by Crippen LogP contribution is -2.01. The highest BCUT2D eigenvalue weighted by atomic mass is 32.1. The molecule has 0 saturated carbocycles. The summed E-state index contributed by atoms with van der Waals surface area (Å²) >= 11 is 0. The van der Waals surface area contributed by atoms with E-state index < -0.39 is 0 Å². The molecule has 66 valence electrons. The molecule has 0 atom stereocenters. The molecule has 0 spiro atoms. The molecule has 0 aromatic carbocycles. The maximum atomic E-state index is 9.79. The number of carbonyl (C=O) groups is 2. The molecule has 0 aliphatic heterocycles. The second-order valence-electron chi connectivity index (χ2n) is 1.11. The van der Waals surface area contributed by atoms with Crippen LogP contribution in [0.15, 0.2) is 0 Å². The Hall–Kier alpha value is 0.740. The van der Waals surface area contributed by atoms with Crippen molar-refractivity contribution in [1.29, 1.82) is 0 Å². The van der Waals surface area contributed by atoms with Gasteiger partial charge in [0.25, 0.3) is 0 Å². The fourth-order valence-corrected chi connectivity index (χ4v) is 0. The van der Waals surface area contributed by atoms with Crippen LogP contribution in [0.1, 0.15) is 13.8 Å². The lowest BCUT2D eigenvalue weighted by molar-refractivity contribution is -0.134. The van der Waals surface area contributed by atoms with Crippen molar-refractivity contribution < 1.29 is 9.59 Å². The highest BCUT2D eigenvalue weighted by Crippen LogP contribution is 1.66. The predicted molar refractivity (Wildman–Crippen MR) is 62.9 cm³/mol. The van der Waals surface area contributed by atoms with Crippen molar-refractivity contribution in [2.24, 2.45) is 0 Å². The van der Waals surface area contributed by atoms with Gasteiger partial charge in [0.1, 0.15) is 0 Å². The number of carbonyl (C=O) groups excluding carboxylic acids is 2. The normalized spacial score (nSPS) is 4.60. The summed E-state index contributed by atoms with van der Waals surface area (Å²) in [6.07, 6.45) is 0. The molecule has 0 aromatic rings. The summed E-state index contributed by atoms with van der Waals surface area (Å²) in [7, 11) is 0. The summed E-state index contributed by atoms with van der Waals surface area (Å²) in [6, 6.07) is 0. The van der Waals surface area contributed by atoms with E-state index in [0.29, 0.717) is 0 Å². The van der Waals surface area contributed by atoms with Crippen LogP contribution in [0.4, 0.5) is 0 Å². The van der Waals surface area contributed by atoms with Crippen molar-refractivity contribution in [3.05, 3.63) is 0 Å². The molecule has 0 radical (unpaired) electrons. The van der Waals surface area contributed by atoms with Crippen LogP contribution >= 0.6 is 54.0 Å². The molecular weight excluding hydrogens is 208 g/mol. The molecular formula is C4H14O2S4. The summed E-state index contributed by atoms with van der Waals surface area (Å²) in [5.41, 5.74) is 0. The maximum absolute atomic E-state index is 9.79. The molecule has 0 aromatic heterocycles. The Bertz CT molecular complexity index is 81.3. The Morgan fingerprint density at radius 1 is 0.700 bits per heavy atom. The van der Waals surface area contributed by atoms with Crippen molar-refractivity contribution in [2.45, 2.75) is 13.8 Å². The van der Waals surface area contributed by atoms with Gasteiger partial charge in [0.2, 0.25) is 0 Å². The van der Waals surface area contributed by atoms with E-state index in [9.17, 15) is 9.59 Å². The topological polar surface area (TPSA) is 34.1 Å². The first-order valence-electron chi connectivity index (χ1n) is 1.66. The lowest BCUT2D eigenvalue weighted by Gasteiger charge is -1.73. The Kier molecular flexibility index (Phi) is 50.6. The Morgan fingerprint density at radius 2 is 0.800 bits per heavy atom. The van der Waals surface area contributed by atoms with Gasteiger partial charge in [0.05, 0.1) is 0 Å². The van der Waals surface area contributed by atoms with E-state index in [-0.39, 0.29) is 65.5 Å². The highest BCUT2D eigenvalue weighted by molar-refractivity contribution is 7.59. The van der Waals surface area contributed by atoms with Gasteiger partial charge >= 0.3 is 0 Å². The fraction of sp³-hybridized carbons (Fsp3) is 0.500. The quantitative estimate of drug-likeness (QED) is 0.610. The van der Waals surface area contributed by atoms with E-state index in [0.717, 1.165) is 0 Å². The van der Waals surface area contributed by atoms with Crippen molar-refractivity contribution in [2.75, 3.05) is 0 Å². The van der Waals surface area contributed by atoms with E-state index in [1.807, 2.05) is 0 Å². The number of Topliss-reactive ketones (excluding diaryl/α,β-unsaturated/α-hetero) is 2. The molecule has 0 amide bonds. The molecule has 2 nitrogen and oxygen atoms in total.